The van der Waals surface area contributed by atoms with Crippen LogP contribution in [-0.4, -0.2) is 15.6 Å². The molecule has 2 aliphatic heterocycles. The van der Waals surface area contributed by atoms with Gasteiger partial charge in [0.05, 0.1) is 33.2 Å². The summed E-state index contributed by atoms with van der Waals surface area (Å²) in [6.45, 7) is 2.00. The standard InChI is InChI=1S/C26H17Cl3N4/c1-15-23-25(19-6-4-7-20(28)24(19)29)32-21-8-3-2-5-16(21)9-14-22(32)30-26(23)33(31-15)18-12-10-17(27)11-13-18/h2-14,25H,1H3/t25-/m0/s1. The highest BCUT2D eigenvalue weighted by Crippen LogP contribution is 2.48. The number of amidine groups is 1. The van der Waals surface area contributed by atoms with E-state index in [0.29, 0.717) is 15.1 Å². The van der Waals surface area contributed by atoms with Gasteiger partial charge in [0.15, 0.2) is 5.82 Å². The van der Waals surface area contributed by atoms with Crippen LogP contribution in [-0.2, 0) is 0 Å². The molecule has 3 aromatic carbocycles. The third-order valence-electron chi connectivity index (χ3n) is 6.04. The molecule has 1 aromatic heterocycles. The van der Waals surface area contributed by atoms with Crippen molar-refractivity contribution in [3.05, 3.63) is 110 Å². The lowest BCUT2D eigenvalue weighted by atomic mass is 9.92. The van der Waals surface area contributed by atoms with Gasteiger partial charge in [-0.05, 0) is 66.6 Å². The molecule has 0 N–H and O–H groups in total. The largest absolute Gasteiger partial charge is 0.314 e. The Kier molecular flexibility index (Phi) is 4.84. The summed E-state index contributed by atoms with van der Waals surface area (Å²) < 4.78 is 1.87. The third-order valence-corrected chi connectivity index (χ3v) is 7.12. The predicted octanol–water partition coefficient (Wildman–Crippen LogP) is 7.81. The second-order valence-corrected chi connectivity index (χ2v) is 9.21. The molecule has 7 heteroatoms. The van der Waals surface area contributed by atoms with Crippen LogP contribution in [0.25, 0.3) is 11.8 Å². The number of para-hydroxylation sites is 1. The molecule has 0 spiro atoms. The minimum Gasteiger partial charge on any atom is -0.314 e. The van der Waals surface area contributed by atoms with E-state index < -0.39 is 0 Å². The molecule has 0 unspecified atom stereocenters. The lowest BCUT2D eigenvalue weighted by Crippen LogP contribution is -2.39. The van der Waals surface area contributed by atoms with Crippen LogP contribution in [0.15, 0.2) is 77.8 Å². The van der Waals surface area contributed by atoms with Crippen LogP contribution in [0.4, 0.5) is 11.5 Å². The molecule has 0 saturated heterocycles. The molecule has 2 aliphatic rings. The topological polar surface area (TPSA) is 33.4 Å². The van der Waals surface area contributed by atoms with Crippen LogP contribution < -0.4 is 4.90 Å². The van der Waals surface area contributed by atoms with E-state index in [0.717, 1.165) is 45.4 Å². The molecule has 4 nitrogen and oxygen atoms in total. The Labute approximate surface area is 206 Å². The zero-order valence-electron chi connectivity index (χ0n) is 17.5. The highest BCUT2D eigenvalue weighted by atomic mass is 35.5. The Balaban J connectivity index is 1.66. The number of aromatic nitrogens is 2. The van der Waals surface area contributed by atoms with Crippen molar-refractivity contribution in [3.8, 4) is 5.69 Å². The van der Waals surface area contributed by atoms with E-state index in [2.05, 4.69) is 23.1 Å². The molecule has 1 atom stereocenters. The minimum atomic E-state index is -0.245. The molecule has 0 amide bonds. The molecule has 0 saturated carbocycles. The van der Waals surface area contributed by atoms with Crippen LogP contribution in [0.3, 0.4) is 0 Å². The number of rotatable bonds is 2. The van der Waals surface area contributed by atoms with Crippen molar-refractivity contribution in [3.63, 3.8) is 0 Å². The van der Waals surface area contributed by atoms with E-state index in [-0.39, 0.29) is 6.04 Å². The van der Waals surface area contributed by atoms with E-state index in [9.17, 15) is 0 Å². The Morgan fingerprint density at radius 3 is 2.45 bits per heavy atom. The number of anilines is 1. The number of benzene rings is 3. The van der Waals surface area contributed by atoms with E-state index in [4.69, 9.17) is 44.9 Å². The van der Waals surface area contributed by atoms with Crippen molar-refractivity contribution in [1.29, 1.82) is 0 Å². The molecule has 4 aromatic rings. The highest BCUT2D eigenvalue weighted by molar-refractivity contribution is 6.42. The summed E-state index contributed by atoms with van der Waals surface area (Å²) in [6.07, 6.45) is 4.12. The first kappa shape index (κ1) is 20.5. The zero-order chi connectivity index (χ0) is 22.7. The Hall–Kier alpha value is -3.05. The van der Waals surface area contributed by atoms with Crippen molar-refractivity contribution in [2.75, 3.05) is 4.90 Å². The van der Waals surface area contributed by atoms with Gasteiger partial charge in [0.1, 0.15) is 5.84 Å². The van der Waals surface area contributed by atoms with Crippen molar-refractivity contribution >= 4 is 58.2 Å². The second kappa shape index (κ2) is 7.77. The van der Waals surface area contributed by atoms with E-state index >= 15 is 0 Å². The van der Waals surface area contributed by atoms with E-state index in [1.165, 1.54) is 0 Å². The number of nitrogens with zero attached hydrogens (tertiary/aromatic N) is 4. The van der Waals surface area contributed by atoms with Crippen LogP contribution in [0.1, 0.15) is 28.4 Å². The van der Waals surface area contributed by atoms with E-state index in [1.54, 1.807) is 6.07 Å². The Morgan fingerprint density at radius 1 is 0.848 bits per heavy atom. The van der Waals surface area contributed by atoms with Gasteiger partial charge in [0.25, 0.3) is 0 Å². The summed E-state index contributed by atoms with van der Waals surface area (Å²) in [7, 11) is 0. The molecule has 0 fully saturated rings. The second-order valence-electron chi connectivity index (χ2n) is 7.99. The van der Waals surface area contributed by atoms with Crippen LogP contribution in [0, 0.1) is 6.92 Å². The summed E-state index contributed by atoms with van der Waals surface area (Å²) in [5.74, 6) is 1.59. The van der Waals surface area contributed by atoms with Crippen molar-refractivity contribution in [2.45, 2.75) is 13.0 Å². The summed E-state index contributed by atoms with van der Waals surface area (Å²) >= 11 is 19.4. The average Bonchev–Trinajstić information content (AvgIpc) is 3.16. The van der Waals surface area contributed by atoms with Gasteiger partial charge in [-0.15, -0.1) is 0 Å². The Morgan fingerprint density at radius 2 is 1.64 bits per heavy atom. The molecule has 6 rings (SSSR count). The average molecular weight is 492 g/mol. The van der Waals surface area contributed by atoms with Gasteiger partial charge in [-0.3, -0.25) is 0 Å². The summed E-state index contributed by atoms with van der Waals surface area (Å²) in [4.78, 5) is 7.28. The molecule has 0 aliphatic carbocycles. The maximum Gasteiger partial charge on any atom is 0.163 e. The zero-order valence-corrected chi connectivity index (χ0v) is 19.8. The lowest BCUT2D eigenvalue weighted by Gasteiger charge is -2.39. The number of hydrogen-bond acceptors (Lipinski definition) is 3. The predicted molar refractivity (Wildman–Crippen MR) is 137 cm³/mol. The van der Waals surface area contributed by atoms with Crippen LogP contribution >= 0.6 is 34.8 Å². The summed E-state index contributed by atoms with van der Waals surface area (Å²) in [5, 5.41) is 6.59. The summed E-state index contributed by atoms with van der Waals surface area (Å²) in [6, 6.07) is 21.4. The molecular weight excluding hydrogens is 475 g/mol. The third kappa shape index (κ3) is 3.21. The first-order valence-corrected chi connectivity index (χ1v) is 11.6. The van der Waals surface area contributed by atoms with Crippen molar-refractivity contribution in [2.24, 2.45) is 4.99 Å². The summed E-state index contributed by atoms with van der Waals surface area (Å²) in [5.41, 5.74) is 5.83. The van der Waals surface area contributed by atoms with Gasteiger partial charge in [0, 0.05) is 10.6 Å². The van der Waals surface area contributed by atoms with E-state index in [1.807, 2.05) is 66.2 Å². The number of aryl methyl sites for hydroxylation is 1. The van der Waals surface area contributed by atoms with Crippen LogP contribution in [0.5, 0.6) is 0 Å². The highest BCUT2D eigenvalue weighted by Gasteiger charge is 2.39. The van der Waals surface area contributed by atoms with Crippen molar-refractivity contribution in [1.82, 2.24) is 9.78 Å². The number of hydrogen-bond donors (Lipinski definition) is 0. The van der Waals surface area contributed by atoms with Gasteiger partial charge in [0.2, 0.25) is 0 Å². The maximum atomic E-state index is 6.79. The first-order valence-electron chi connectivity index (χ1n) is 10.5. The van der Waals surface area contributed by atoms with Gasteiger partial charge < -0.3 is 4.90 Å². The van der Waals surface area contributed by atoms with Gasteiger partial charge in [-0.25, -0.2) is 9.67 Å². The lowest BCUT2D eigenvalue weighted by molar-refractivity contribution is 0.814. The molecule has 0 radical (unpaired) electrons. The fraction of sp³-hybridized carbons (Fsp3) is 0.0769. The fourth-order valence-electron chi connectivity index (χ4n) is 4.56. The van der Waals surface area contributed by atoms with Crippen molar-refractivity contribution < 1.29 is 0 Å². The number of aliphatic imine (C=N–C) groups is 1. The fourth-order valence-corrected chi connectivity index (χ4v) is 5.10. The molecule has 162 valence electrons. The molecular formula is C26H17Cl3N4. The maximum absolute atomic E-state index is 6.79. The van der Waals surface area contributed by atoms with Gasteiger partial charge in [-0.2, -0.15) is 5.10 Å². The SMILES string of the molecule is Cc1nn(-c2ccc(Cl)cc2)c2c1[C@H](c1cccc(Cl)c1Cl)N1C(=N2)C=Cc2ccccc21. The van der Waals surface area contributed by atoms with Crippen LogP contribution in [0.2, 0.25) is 15.1 Å². The first-order chi connectivity index (χ1) is 16.0. The number of fused-ring (bicyclic) bond motifs is 4. The van der Waals surface area contributed by atoms with Gasteiger partial charge >= 0.3 is 0 Å². The minimum absolute atomic E-state index is 0.245. The Bertz CT molecular complexity index is 1470. The molecule has 0 bridgehead atoms. The quantitative estimate of drug-likeness (QED) is 0.286. The smallest absolute Gasteiger partial charge is 0.163 e. The normalized spacial score (nSPS) is 16.2. The monoisotopic (exact) mass is 490 g/mol. The molecule has 33 heavy (non-hydrogen) atoms. The number of halogens is 3. The van der Waals surface area contributed by atoms with Gasteiger partial charge in [-0.1, -0.05) is 65.1 Å². The molecule has 3 heterocycles.